The van der Waals surface area contributed by atoms with Crippen molar-refractivity contribution >= 4 is 48.9 Å². The molecule has 0 saturated heterocycles. The minimum atomic E-state index is -4.20. The highest BCUT2D eigenvalue weighted by Crippen LogP contribution is 2.33. The predicted octanol–water partition coefficient (Wildman–Crippen LogP) is 3.29. The third-order valence-electron chi connectivity index (χ3n) is 2.33. The molecule has 0 aliphatic carbocycles. The Morgan fingerprint density at radius 3 is 2.48 bits per heavy atom. The monoisotopic (exact) mass is 397 g/mol. The molecule has 0 saturated carbocycles. The number of thiophene rings is 1. The number of hydrogen-bond acceptors (Lipinski definition) is 4. The summed E-state index contributed by atoms with van der Waals surface area (Å²) in [7, 11) is -4.20. The summed E-state index contributed by atoms with van der Waals surface area (Å²) < 4.78 is 52.4. The first kappa shape index (κ1) is 15.9. The van der Waals surface area contributed by atoms with Crippen molar-refractivity contribution in [1.29, 1.82) is 0 Å². The van der Waals surface area contributed by atoms with Crippen LogP contribution in [-0.4, -0.2) is 19.5 Å². The smallest absolute Gasteiger partial charge is 0.345 e. The number of nitrogens with one attached hydrogen (secondary N) is 1. The molecule has 0 unspecified atom stereocenters. The highest BCUT2D eigenvalue weighted by atomic mass is 79.9. The molecule has 21 heavy (non-hydrogen) atoms. The summed E-state index contributed by atoms with van der Waals surface area (Å²) in [5.41, 5.74) is -0.439. The molecule has 0 radical (unpaired) electrons. The average Bonchev–Trinajstić information content (AvgIpc) is 2.76. The van der Waals surface area contributed by atoms with Crippen LogP contribution < -0.4 is 4.72 Å². The lowest BCUT2D eigenvalue weighted by Gasteiger charge is -2.08. The number of carboxylic acid groups (broad SMARTS) is 1. The van der Waals surface area contributed by atoms with Crippen molar-refractivity contribution in [2.24, 2.45) is 0 Å². The van der Waals surface area contributed by atoms with Crippen LogP contribution in [0.1, 0.15) is 9.67 Å². The van der Waals surface area contributed by atoms with Crippen molar-refractivity contribution in [2.45, 2.75) is 4.90 Å². The minimum absolute atomic E-state index is 0.0647. The van der Waals surface area contributed by atoms with E-state index in [0.717, 1.165) is 18.2 Å². The predicted molar refractivity (Wildman–Crippen MR) is 76.1 cm³/mol. The largest absolute Gasteiger partial charge is 0.477 e. The highest BCUT2D eigenvalue weighted by molar-refractivity contribution is 9.11. The van der Waals surface area contributed by atoms with Crippen LogP contribution in [0, 0.1) is 11.6 Å². The number of hydrogen-bond donors (Lipinski definition) is 2. The summed E-state index contributed by atoms with van der Waals surface area (Å²) >= 11 is 3.66. The van der Waals surface area contributed by atoms with Gasteiger partial charge in [0.2, 0.25) is 0 Å². The van der Waals surface area contributed by atoms with Gasteiger partial charge >= 0.3 is 5.97 Å². The summed E-state index contributed by atoms with van der Waals surface area (Å²) in [5.74, 6) is -3.21. The molecule has 1 aromatic heterocycles. The molecule has 2 aromatic rings. The molecule has 0 bridgehead atoms. The third-order valence-corrected chi connectivity index (χ3v) is 5.94. The molecule has 5 nitrogen and oxygen atoms in total. The molecule has 0 aliphatic heterocycles. The summed E-state index contributed by atoms with van der Waals surface area (Å²) in [6, 6.07) is 3.30. The van der Waals surface area contributed by atoms with Crippen LogP contribution in [0.2, 0.25) is 0 Å². The number of carbonyl (C=O) groups is 1. The lowest BCUT2D eigenvalue weighted by atomic mass is 10.3. The summed E-state index contributed by atoms with van der Waals surface area (Å²) in [4.78, 5) is 10.3. The molecule has 10 heteroatoms. The van der Waals surface area contributed by atoms with Gasteiger partial charge in [-0.25, -0.2) is 22.0 Å². The molecule has 0 amide bonds. The molecule has 0 aliphatic rings. The van der Waals surface area contributed by atoms with Gasteiger partial charge in [-0.2, -0.15) is 0 Å². The zero-order valence-corrected chi connectivity index (χ0v) is 13.2. The first-order valence-corrected chi connectivity index (χ1v) is 8.30. The fourth-order valence-corrected chi connectivity index (χ4v) is 4.88. The topological polar surface area (TPSA) is 83.5 Å². The van der Waals surface area contributed by atoms with E-state index in [1.54, 1.807) is 0 Å². The van der Waals surface area contributed by atoms with Gasteiger partial charge in [0.05, 0.1) is 9.47 Å². The number of rotatable bonds is 4. The maximum atomic E-state index is 13.5. The normalized spacial score (nSPS) is 11.4. The zero-order chi connectivity index (χ0) is 15.8. The fraction of sp³-hybridized carbons (Fsp3) is 0. The van der Waals surface area contributed by atoms with Gasteiger partial charge in [-0.05, 0) is 34.1 Å². The standard InChI is InChI=1S/C11H6BrF2NO4S2/c12-10-9(4-8(20-10)11(16)17)21(18,19)15-7-2-1-5(13)3-6(7)14/h1-4,15H,(H,16,17). The number of sulfonamides is 1. The lowest BCUT2D eigenvalue weighted by Crippen LogP contribution is -2.14. The van der Waals surface area contributed by atoms with Gasteiger partial charge < -0.3 is 5.11 Å². The zero-order valence-electron chi connectivity index (χ0n) is 9.93. The van der Waals surface area contributed by atoms with E-state index >= 15 is 0 Å². The first-order chi connectivity index (χ1) is 9.70. The van der Waals surface area contributed by atoms with Crippen LogP contribution >= 0.6 is 27.3 Å². The van der Waals surface area contributed by atoms with E-state index in [-0.39, 0.29) is 13.6 Å². The van der Waals surface area contributed by atoms with Crippen LogP contribution in [0.25, 0.3) is 0 Å². The van der Waals surface area contributed by atoms with E-state index < -0.39 is 33.3 Å². The Morgan fingerprint density at radius 1 is 1.29 bits per heavy atom. The van der Waals surface area contributed by atoms with E-state index in [9.17, 15) is 22.0 Å². The van der Waals surface area contributed by atoms with Gasteiger partial charge in [0.15, 0.2) is 0 Å². The Kier molecular flexibility index (Phi) is 4.30. The lowest BCUT2D eigenvalue weighted by molar-refractivity contribution is 0.0702. The Hall–Kier alpha value is -1.52. The Labute approximate surface area is 130 Å². The van der Waals surface area contributed by atoms with Crippen LogP contribution in [0.4, 0.5) is 14.5 Å². The van der Waals surface area contributed by atoms with Gasteiger partial charge in [0, 0.05) is 6.07 Å². The van der Waals surface area contributed by atoms with Crippen LogP contribution in [0.15, 0.2) is 32.9 Å². The van der Waals surface area contributed by atoms with Gasteiger partial charge in [-0.1, -0.05) is 0 Å². The van der Waals surface area contributed by atoms with Crippen molar-refractivity contribution in [3.05, 3.63) is 44.6 Å². The molecule has 112 valence electrons. The molecule has 1 heterocycles. The molecular formula is C11H6BrF2NO4S2. The van der Waals surface area contributed by atoms with Gasteiger partial charge in [0.25, 0.3) is 10.0 Å². The van der Waals surface area contributed by atoms with E-state index in [1.807, 2.05) is 4.72 Å². The highest BCUT2D eigenvalue weighted by Gasteiger charge is 2.24. The second-order valence-electron chi connectivity index (χ2n) is 3.78. The molecule has 2 N–H and O–H groups in total. The van der Waals surface area contributed by atoms with Gasteiger partial charge in [-0.3, -0.25) is 4.72 Å². The number of anilines is 1. The quantitative estimate of drug-likeness (QED) is 0.828. The number of halogens is 3. The van der Waals surface area contributed by atoms with Crippen LogP contribution in [-0.2, 0) is 10.0 Å². The summed E-state index contributed by atoms with van der Waals surface area (Å²) in [5, 5.41) is 8.83. The van der Waals surface area contributed by atoms with Gasteiger partial charge in [0.1, 0.15) is 21.4 Å². The van der Waals surface area contributed by atoms with Gasteiger partial charge in [-0.15, -0.1) is 11.3 Å². The van der Waals surface area contributed by atoms with Crippen molar-refractivity contribution < 1.29 is 27.1 Å². The molecule has 0 fully saturated rings. The number of aromatic carboxylic acids is 1. The molecule has 0 spiro atoms. The van der Waals surface area contributed by atoms with Crippen LogP contribution in [0.5, 0.6) is 0 Å². The number of carboxylic acids is 1. The Balaban J connectivity index is 2.41. The maximum absolute atomic E-state index is 13.5. The summed E-state index contributed by atoms with van der Waals surface area (Å²) in [6.45, 7) is 0. The third kappa shape index (κ3) is 3.39. The Bertz CT molecular complexity index is 820. The van der Waals surface area contributed by atoms with E-state index in [4.69, 9.17) is 5.11 Å². The average molecular weight is 398 g/mol. The van der Waals surface area contributed by atoms with E-state index in [0.29, 0.717) is 17.4 Å². The van der Waals surface area contributed by atoms with Crippen molar-refractivity contribution in [3.8, 4) is 0 Å². The molecular weight excluding hydrogens is 392 g/mol. The Morgan fingerprint density at radius 2 is 1.95 bits per heavy atom. The first-order valence-electron chi connectivity index (χ1n) is 5.21. The SMILES string of the molecule is O=C(O)c1cc(S(=O)(=O)Nc2ccc(F)cc2F)c(Br)s1. The van der Waals surface area contributed by atoms with Crippen molar-refractivity contribution in [2.75, 3.05) is 4.72 Å². The molecule has 1 aromatic carbocycles. The second kappa shape index (κ2) is 5.70. The second-order valence-corrected chi connectivity index (χ2v) is 7.80. The van der Waals surface area contributed by atoms with E-state index in [2.05, 4.69) is 15.9 Å². The minimum Gasteiger partial charge on any atom is -0.477 e. The number of benzene rings is 1. The molecule has 0 atom stereocenters. The fourth-order valence-electron chi connectivity index (χ4n) is 1.41. The van der Waals surface area contributed by atoms with E-state index in [1.165, 1.54) is 0 Å². The van der Waals surface area contributed by atoms with Crippen LogP contribution in [0.3, 0.4) is 0 Å². The maximum Gasteiger partial charge on any atom is 0.345 e. The summed E-state index contributed by atoms with van der Waals surface area (Å²) in [6.07, 6.45) is 0. The van der Waals surface area contributed by atoms with Crippen molar-refractivity contribution in [3.63, 3.8) is 0 Å². The molecule has 2 rings (SSSR count). The van der Waals surface area contributed by atoms with Crippen molar-refractivity contribution in [1.82, 2.24) is 0 Å².